The van der Waals surface area contributed by atoms with Crippen LogP contribution >= 0.6 is 0 Å². The highest BCUT2D eigenvalue weighted by Crippen LogP contribution is 2.20. The van der Waals surface area contributed by atoms with Crippen molar-refractivity contribution in [2.24, 2.45) is 5.92 Å². The van der Waals surface area contributed by atoms with E-state index in [-0.39, 0.29) is 0 Å². The van der Waals surface area contributed by atoms with Gasteiger partial charge in [-0.05, 0) is 37.0 Å². The van der Waals surface area contributed by atoms with Crippen molar-refractivity contribution in [3.63, 3.8) is 0 Å². The highest BCUT2D eigenvalue weighted by atomic mass is 16.5. The molecule has 0 saturated carbocycles. The van der Waals surface area contributed by atoms with Crippen molar-refractivity contribution in [3.8, 4) is 5.75 Å². The molecule has 1 aromatic carbocycles. The van der Waals surface area contributed by atoms with E-state index in [0.29, 0.717) is 5.92 Å². The van der Waals surface area contributed by atoms with E-state index < -0.39 is 11.9 Å². The molecule has 0 saturated heterocycles. The molecule has 0 bridgehead atoms. The van der Waals surface area contributed by atoms with Crippen LogP contribution in [0.1, 0.15) is 83.6 Å². The van der Waals surface area contributed by atoms with Gasteiger partial charge in [-0.2, -0.15) is 0 Å². The minimum atomic E-state index is -0.799. The lowest BCUT2D eigenvalue weighted by atomic mass is 10.0. The van der Waals surface area contributed by atoms with E-state index in [1.807, 2.05) is 24.3 Å². The predicted molar refractivity (Wildman–Crippen MR) is 99.8 cm³/mol. The lowest BCUT2D eigenvalue weighted by Gasteiger charge is -2.14. The van der Waals surface area contributed by atoms with Crippen molar-refractivity contribution >= 4 is 5.97 Å². The van der Waals surface area contributed by atoms with Gasteiger partial charge in [0.05, 0.1) is 12.5 Å². The Morgan fingerprint density at radius 1 is 1.00 bits per heavy atom. The molecule has 24 heavy (non-hydrogen) atoms. The molecule has 0 aliphatic carbocycles. The highest BCUT2D eigenvalue weighted by Gasteiger charge is 2.13. The van der Waals surface area contributed by atoms with E-state index in [4.69, 9.17) is 9.84 Å². The maximum absolute atomic E-state index is 11.0. The number of hydrogen-bond donors (Lipinski definition) is 1. The van der Waals surface area contributed by atoms with Crippen molar-refractivity contribution in [3.05, 3.63) is 29.8 Å². The number of rotatable bonds is 13. The summed E-state index contributed by atoms with van der Waals surface area (Å²) in [4.78, 5) is 11.0. The molecule has 0 fully saturated rings. The number of carbonyl (C=O) groups is 1. The van der Waals surface area contributed by atoms with Gasteiger partial charge in [-0.3, -0.25) is 4.79 Å². The second-order valence-electron chi connectivity index (χ2n) is 6.96. The van der Waals surface area contributed by atoms with Gasteiger partial charge in [0, 0.05) is 0 Å². The number of aliphatic carboxylic acids is 1. The Balaban J connectivity index is 2.18. The summed E-state index contributed by atoms with van der Waals surface area (Å²) in [5, 5.41) is 9.01. The lowest BCUT2D eigenvalue weighted by Crippen LogP contribution is -2.09. The molecule has 2 atom stereocenters. The average molecular weight is 335 g/mol. The molecular weight excluding hydrogens is 300 g/mol. The first kappa shape index (κ1) is 20.5. The van der Waals surface area contributed by atoms with Crippen molar-refractivity contribution in [2.45, 2.75) is 78.1 Å². The summed E-state index contributed by atoms with van der Waals surface area (Å²) in [5.74, 6) is 0.100. The van der Waals surface area contributed by atoms with Crippen molar-refractivity contribution in [1.29, 1.82) is 0 Å². The van der Waals surface area contributed by atoms with Gasteiger partial charge in [0.1, 0.15) is 5.75 Å². The molecule has 1 N–H and O–H groups in total. The number of ether oxygens (including phenoxy) is 1. The van der Waals surface area contributed by atoms with E-state index in [9.17, 15) is 4.79 Å². The van der Waals surface area contributed by atoms with Crippen LogP contribution in [0.5, 0.6) is 5.75 Å². The van der Waals surface area contributed by atoms with Crippen LogP contribution in [0.15, 0.2) is 24.3 Å². The smallest absolute Gasteiger partial charge is 0.310 e. The topological polar surface area (TPSA) is 46.5 Å². The minimum absolute atomic E-state index is 0.477. The Kier molecular flexibility index (Phi) is 10.2. The van der Waals surface area contributed by atoms with Crippen LogP contribution in [0.2, 0.25) is 0 Å². The molecule has 3 nitrogen and oxygen atoms in total. The summed E-state index contributed by atoms with van der Waals surface area (Å²) >= 11 is 0. The first-order valence-corrected chi connectivity index (χ1v) is 9.50. The average Bonchev–Trinajstić information content (AvgIpc) is 2.59. The molecule has 3 heteroatoms. The first-order chi connectivity index (χ1) is 11.5. The second kappa shape index (κ2) is 11.9. The Hall–Kier alpha value is -1.51. The molecule has 0 spiro atoms. The molecule has 2 unspecified atom stereocenters. The van der Waals surface area contributed by atoms with E-state index >= 15 is 0 Å². The maximum Gasteiger partial charge on any atom is 0.310 e. The number of unbranched alkanes of at least 4 members (excludes halogenated alkanes) is 6. The fourth-order valence-corrected chi connectivity index (χ4v) is 2.77. The molecule has 0 amide bonds. The van der Waals surface area contributed by atoms with Gasteiger partial charge in [-0.15, -0.1) is 0 Å². The number of benzene rings is 1. The van der Waals surface area contributed by atoms with Gasteiger partial charge in [0.15, 0.2) is 0 Å². The number of hydrogen-bond acceptors (Lipinski definition) is 2. The van der Waals surface area contributed by atoms with Gasteiger partial charge < -0.3 is 9.84 Å². The SMILES string of the molecule is CCCCCCCCCC(C)COc1ccc(C(C)C(=O)O)cc1. The molecule has 0 radical (unpaired) electrons. The highest BCUT2D eigenvalue weighted by molar-refractivity contribution is 5.75. The van der Waals surface area contributed by atoms with Crippen molar-refractivity contribution in [1.82, 2.24) is 0 Å². The van der Waals surface area contributed by atoms with E-state index in [2.05, 4.69) is 13.8 Å². The Labute approximate surface area is 147 Å². The summed E-state index contributed by atoms with van der Waals surface area (Å²) in [6.45, 7) is 6.91. The zero-order chi connectivity index (χ0) is 17.8. The lowest BCUT2D eigenvalue weighted by molar-refractivity contribution is -0.138. The summed E-state index contributed by atoms with van der Waals surface area (Å²) in [5.41, 5.74) is 0.811. The van der Waals surface area contributed by atoms with Crippen LogP contribution < -0.4 is 4.74 Å². The maximum atomic E-state index is 11.0. The van der Waals surface area contributed by atoms with Crippen LogP contribution in [0.3, 0.4) is 0 Å². The third-order valence-corrected chi connectivity index (χ3v) is 4.59. The van der Waals surface area contributed by atoms with E-state index in [0.717, 1.165) is 17.9 Å². The Morgan fingerprint density at radius 3 is 2.17 bits per heavy atom. The van der Waals surface area contributed by atoms with Gasteiger partial charge >= 0.3 is 5.97 Å². The van der Waals surface area contributed by atoms with Crippen molar-refractivity contribution < 1.29 is 14.6 Å². The van der Waals surface area contributed by atoms with Crippen LogP contribution in [0.25, 0.3) is 0 Å². The Morgan fingerprint density at radius 2 is 1.58 bits per heavy atom. The summed E-state index contributed by atoms with van der Waals surface area (Å²) in [6.07, 6.45) is 10.6. The quantitative estimate of drug-likeness (QED) is 0.448. The number of carboxylic acids is 1. The summed E-state index contributed by atoms with van der Waals surface area (Å²) in [6, 6.07) is 7.43. The summed E-state index contributed by atoms with van der Waals surface area (Å²) in [7, 11) is 0. The summed E-state index contributed by atoms with van der Waals surface area (Å²) < 4.78 is 5.83. The van der Waals surface area contributed by atoms with Gasteiger partial charge in [0.25, 0.3) is 0 Å². The minimum Gasteiger partial charge on any atom is -0.493 e. The fourth-order valence-electron chi connectivity index (χ4n) is 2.77. The van der Waals surface area contributed by atoms with Gasteiger partial charge in [-0.25, -0.2) is 0 Å². The van der Waals surface area contributed by atoms with Crippen LogP contribution in [0.4, 0.5) is 0 Å². The van der Waals surface area contributed by atoms with Gasteiger partial charge in [0.2, 0.25) is 0 Å². The molecule has 0 heterocycles. The monoisotopic (exact) mass is 334 g/mol. The predicted octanol–water partition coefficient (Wildman–Crippen LogP) is 6.03. The second-order valence-corrected chi connectivity index (χ2v) is 6.96. The molecule has 0 aliphatic rings. The molecule has 1 rings (SSSR count). The van der Waals surface area contributed by atoms with Crippen molar-refractivity contribution in [2.75, 3.05) is 6.61 Å². The molecule has 0 aromatic heterocycles. The first-order valence-electron chi connectivity index (χ1n) is 9.50. The third-order valence-electron chi connectivity index (χ3n) is 4.59. The molecular formula is C21H34O3. The van der Waals surface area contributed by atoms with Crippen LogP contribution in [0, 0.1) is 5.92 Å². The zero-order valence-corrected chi connectivity index (χ0v) is 15.6. The largest absolute Gasteiger partial charge is 0.493 e. The molecule has 1 aromatic rings. The fraction of sp³-hybridized carbons (Fsp3) is 0.667. The van der Waals surface area contributed by atoms with E-state index in [1.165, 1.54) is 51.4 Å². The molecule has 136 valence electrons. The normalized spacial score (nSPS) is 13.5. The van der Waals surface area contributed by atoms with Crippen LogP contribution in [-0.2, 0) is 4.79 Å². The van der Waals surface area contributed by atoms with Crippen LogP contribution in [-0.4, -0.2) is 17.7 Å². The third kappa shape index (κ3) is 8.37. The zero-order valence-electron chi connectivity index (χ0n) is 15.6. The van der Waals surface area contributed by atoms with Gasteiger partial charge in [-0.1, -0.05) is 70.9 Å². The van der Waals surface area contributed by atoms with E-state index in [1.54, 1.807) is 6.92 Å². The standard InChI is InChI=1S/C21H34O3/c1-4-5-6-7-8-9-10-11-17(2)16-24-20-14-12-19(13-15-20)18(3)21(22)23/h12-15,17-18H,4-11,16H2,1-3H3,(H,22,23). The number of carboxylic acid groups (broad SMARTS) is 1. The molecule has 0 aliphatic heterocycles. The Bertz CT molecular complexity index is 453.